The molecule has 1 rings (SSSR count). The van der Waals surface area contributed by atoms with Crippen molar-refractivity contribution in [2.75, 3.05) is 11.9 Å². The van der Waals surface area contributed by atoms with Crippen LogP contribution in [0.15, 0.2) is 34.2 Å². The molecule has 0 saturated carbocycles. The third-order valence-corrected chi connectivity index (χ3v) is 4.71. The predicted molar refractivity (Wildman–Crippen MR) is 95.4 cm³/mol. The molecule has 0 aliphatic rings. The van der Waals surface area contributed by atoms with Gasteiger partial charge in [-0.3, -0.25) is 9.79 Å². The molecule has 6 N–H and O–H groups in total. The number of carbonyl (C=O) groups excluding carboxylic acids is 2. The maximum Gasteiger partial charge on any atom is 0.241 e. The van der Waals surface area contributed by atoms with Crippen molar-refractivity contribution in [2.24, 2.45) is 16.5 Å². The molecule has 10 heteroatoms. The van der Waals surface area contributed by atoms with Crippen LogP contribution in [0.5, 0.6) is 0 Å². The smallest absolute Gasteiger partial charge is 0.241 e. The SMILES string of the molecule is CCC(=O)Nc1ccc(S(=O)(=O)N[C@@H](C=O)CCCN=C(N)N)cc1. The topological polar surface area (TPSA) is 157 Å². The van der Waals surface area contributed by atoms with Gasteiger partial charge in [-0.1, -0.05) is 6.92 Å². The molecule has 0 saturated heterocycles. The second-order valence-corrected chi connectivity index (χ2v) is 6.95. The Bertz CT molecular complexity index is 712. The minimum absolute atomic E-state index is 0.00179. The standard InChI is InChI=1S/C15H23N5O4S/c1-2-14(22)19-11-5-7-13(8-6-11)25(23,24)20-12(10-21)4-3-9-18-15(16)17/h5-8,10,12,20H,2-4,9H2,1H3,(H,19,22)(H4,16,17,18)/t12-/m1/s1. The van der Waals surface area contributed by atoms with Crippen LogP contribution in [0.3, 0.4) is 0 Å². The Morgan fingerprint density at radius 2 is 1.92 bits per heavy atom. The van der Waals surface area contributed by atoms with Crippen LogP contribution >= 0.6 is 0 Å². The Morgan fingerprint density at radius 1 is 1.28 bits per heavy atom. The molecule has 0 bridgehead atoms. The minimum Gasteiger partial charge on any atom is -0.370 e. The van der Waals surface area contributed by atoms with Gasteiger partial charge in [0.1, 0.15) is 6.29 Å². The van der Waals surface area contributed by atoms with E-state index in [9.17, 15) is 18.0 Å². The summed E-state index contributed by atoms with van der Waals surface area (Å²) in [7, 11) is -3.86. The Kier molecular flexibility index (Phi) is 8.02. The summed E-state index contributed by atoms with van der Waals surface area (Å²) in [5.74, 6) is -0.228. The lowest BCUT2D eigenvalue weighted by Crippen LogP contribution is -2.36. The molecule has 0 aromatic heterocycles. The molecule has 0 radical (unpaired) electrons. The van der Waals surface area contributed by atoms with E-state index in [1.54, 1.807) is 6.92 Å². The summed E-state index contributed by atoms with van der Waals surface area (Å²) in [6.45, 7) is 2.02. The van der Waals surface area contributed by atoms with Crippen molar-refractivity contribution in [1.82, 2.24) is 4.72 Å². The lowest BCUT2D eigenvalue weighted by Gasteiger charge is -2.13. The molecule has 0 fully saturated rings. The average Bonchev–Trinajstić information content (AvgIpc) is 2.57. The molecular weight excluding hydrogens is 346 g/mol. The fourth-order valence-electron chi connectivity index (χ4n) is 1.91. The van der Waals surface area contributed by atoms with Gasteiger partial charge in [-0.05, 0) is 37.1 Å². The molecule has 0 aliphatic carbocycles. The number of anilines is 1. The summed E-state index contributed by atoms with van der Waals surface area (Å²) >= 11 is 0. The highest BCUT2D eigenvalue weighted by atomic mass is 32.2. The lowest BCUT2D eigenvalue weighted by molar-refractivity contribution is -0.116. The van der Waals surface area contributed by atoms with E-state index in [0.29, 0.717) is 31.4 Å². The Labute approximate surface area is 146 Å². The number of carbonyl (C=O) groups is 2. The van der Waals surface area contributed by atoms with Crippen molar-refractivity contribution < 1.29 is 18.0 Å². The fraction of sp³-hybridized carbons (Fsp3) is 0.400. The molecule has 9 nitrogen and oxygen atoms in total. The first-order valence-electron chi connectivity index (χ1n) is 7.71. The zero-order valence-electron chi connectivity index (χ0n) is 13.9. The van der Waals surface area contributed by atoms with Crippen LogP contribution in [0.4, 0.5) is 5.69 Å². The quantitative estimate of drug-likeness (QED) is 0.196. The number of nitrogens with zero attached hydrogens (tertiary/aromatic N) is 1. The van der Waals surface area contributed by atoms with Crippen molar-refractivity contribution in [1.29, 1.82) is 0 Å². The van der Waals surface area contributed by atoms with Crippen LogP contribution in [-0.2, 0) is 19.6 Å². The van der Waals surface area contributed by atoms with Gasteiger partial charge in [-0.15, -0.1) is 0 Å². The van der Waals surface area contributed by atoms with Gasteiger partial charge in [0, 0.05) is 18.7 Å². The first-order valence-corrected chi connectivity index (χ1v) is 9.19. The lowest BCUT2D eigenvalue weighted by atomic mass is 10.2. The van der Waals surface area contributed by atoms with E-state index in [-0.39, 0.29) is 23.2 Å². The van der Waals surface area contributed by atoms with Crippen LogP contribution in [0.25, 0.3) is 0 Å². The van der Waals surface area contributed by atoms with Crippen LogP contribution in [-0.4, -0.2) is 39.2 Å². The van der Waals surface area contributed by atoms with Gasteiger partial charge in [0.05, 0.1) is 10.9 Å². The van der Waals surface area contributed by atoms with Crippen molar-refractivity contribution in [3.05, 3.63) is 24.3 Å². The number of guanidine groups is 1. The molecular formula is C15H23N5O4S. The van der Waals surface area contributed by atoms with Crippen LogP contribution in [0, 0.1) is 0 Å². The number of nitrogens with one attached hydrogen (secondary N) is 2. The number of aliphatic imine (C=N–C) groups is 1. The summed E-state index contributed by atoms with van der Waals surface area (Å²) in [5.41, 5.74) is 10.9. The molecule has 1 aromatic carbocycles. The highest BCUT2D eigenvalue weighted by molar-refractivity contribution is 7.89. The van der Waals surface area contributed by atoms with Crippen molar-refractivity contribution >= 4 is 33.9 Å². The average molecular weight is 369 g/mol. The highest BCUT2D eigenvalue weighted by Crippen LogP contribution is 2.15. The number of hydrogen-bond acceptors (Lipinski definition) is 5. The first kappa shape index (κ1) is 20.6. The van der Waals surface area contributed by atoms with Crippen LogP contribution in [0.1, 0.15) is 26.2 Å². The summed E-state index contributed by atoms with van der Waals surface area (Å²) in [4.78, 5) is 26.2. The second kappa shape index (κ2) is 9.74. The van der Waals surface area contributed by atoms with E-state index >= 15 is 0 Å². The summed E-state index contributed by atoms with van der Waals surface area (Å²) in [6, 6.07) is 4.80. The van der Waals surface area contributed by atoms with E-state index < -0.39 is 16.1 Å². The number of rotatable bonds is 10. The third kappa shape index (κ3) is 7.31. The van der Waals surface area contributed by atoms with Gasteiger partial charge >= 0.3 is 0 Å². The van der Waals surface area contributed by atoms with Gasteiger partial charge in [0.25, 0.3) is 0 Å². The van der Waals surface area contributed by atoms with E-state index in [0.717, 1.165) is 0 Å². The molecule has 138 valence electrons. The van der Waals surface area contributed by atoms with E-state index in [1.807, 2.05) is 0 Å². The number of benzene rings is 1. The maximum absolute atomic E-state index is 12.3. The Hall–Kier alpha value is -2.46. The molecule has 0 aliphatic heterocycles. The van der Waals surface area contributed by atoms with Crippen molar-refractivity contribution in [3.63, 3.8) is 0 Å². The molecule has 0 spiro atoms. The second-order valence-electron chi connectivity index (χ2n) is 5.24. The Morgan fingerprint density at radius 3 is 2.44 bits per heavy atom. The maximum atomic E-state index is 12.3. The molecule has 1 atom stereocenters. The normalized spacial score (nSPS) is 12.2. The molecule has 25 heavy (non-hydrogen) atoms. The Balaban J connectivity index is 2.70. The monoisotopic (exact) mass is 369 g/mol. The largest absolute Gasteiger partial charge is 0.370 e. The summed E-state index contributed by atoms with van der Waals surface area (Å²) in [5, 5.41) is 2.62. The van der Waals surface area contributed by atoms with E-state index in [1.165, 1.54) is 24.3 Å². The van der Waals surface area contributed by atoms with E-state index in [2.05, 4.69) is 15.0 Å². The number of aldehydes is 1. The predicted octanol–water partition coefficient (Wildman–Crippen LogP) is -0.0655. The van der Waals surface area contributed by atoms with Gasteiger partial charge in [0.15, 0.2) is 5.96 Å². The highest BCUT2D eigenvalue weighted by Gasteiger charge is 2.19. The molecule has 0 unspecified atom stereocenters. The zero-order chi connectivity index (χ0) is 18.9. The fourth-order valence-corrected chi connectivity index (χ4v) is 3.11. The van der Waals surface area contributed by atoms with Gasteiger partial charge < -0.3 is 21.6 Å². The van der Waals surface area contributed by atoms with Gasteiger partial charge in [-0.2, -0.15) is 0 Å². The summed E-state index contributed by atoms with van der Waals surface area (Å²) < 4.78 is 26.9. The van der Waals surface area contributed by atoms with Crippen molar-refractivity contribution in [2.45, 2.75) is 37.1 Å². The first-order chi connectivity index (χ1) is 11.8. The minimum atomic E-state index is -3.86. The van der Waals surface area contributed by atoms with Crippen LogP contribution in [0.2, 0.25) is 0 Å². The van der Waals surface area contributed by atoms with Crippen molar-refractivity contribution in [3.8, 4) is 0 Å². The number of sulfonamides is 1. The molecule has 0 heterocycles. The van der Waals surface area contributed by atoms with E-state index in [4.69, 9.17) is 11.5 Å². The van der Waals surface area contributed by atoms with Crippen LogP contribution < -0.4 is 21.5 Å². The van der Waals surface area contributed by atoms with Gasteiger partial charge in [0.2, 0.25) is 15.9 Å². The summed E-state index contributed by atoms with van der Waals surface area (Å²) in [6.07, 6.45) is 1.57. The third-order valence-electron chi connectivity index (χ3n) is 3.21. The zero-order valence-corrected chi connectivity index (χ0v) is 14.8. The molecule has 1 aromatic rings. The molecule has 1 amide bonds. The number of amides is 1. The van der Waals surface area contributed by atoms with Gasteiger partial charge in [-0.25, -0.2) is 13.1 Å². The number of hydrogen-bond donors (Lipinski definition) is 4. The number of nitrogens with two attached hydrogens (primary N) is 2.